The summed E-state index contributed by atoms with van der Waals surface area (Å²) >= 11 is 0. The highest BCUT2D eigenvalue weighted by Gasteiger charge is 2.03. The van der Waals surface area contributed by atoms with Gasteiger partial charge in [-0.3, -0.25) is 4.79 Å². The van der Waals surface area contributed by atoms with E-state index in [2.05, 4.69) is 0 Å². The Morgan fingerprint density at radius 2 is 2.19 bits per heavy atom. The number of hydrogen-bond donors (Lipinski definition) is 0. The van der Waals surface area contributed by atoms with Gasteiger partial charge in [-0.2, -0.15) is 5.26 Å². The largest absolute Gasteiger partial charge is 0.493 e. The lowest BCUT2D eigenvalue weighted by Crippen LogP contribution is -2.06. The Bertz CT molecular complexity index is 418. The molecule has 0 aliphatic heterocycles. The fourth-order valence-corrected chi connectivity index (χ4v) is 1.31. The van der Waals surface area contributed by atoms with Gasteiger partial charge in [-0.1, -0.05) is 12.1 Å². The number of nitriles is 1. The Labute approximate surface area is 95.7 Å². The van der Waals surface area contributed by atoms with Crippen molar-refractivity contribution in [3.8, 4) is 11.8 Å². The minimum absolute atomic E-state index is 0.0316. The van der Waals surface area contributed by atoms with Crippen LogP contribution in [0.15, 0.2) is 18.2 Å². The molecule has 0 aliphatic carbocycles. The predicted octanol–water partition coefficient (Wildman–Crippen LogP) is 2.56. The average Bonchev–Trinajstić information content (AvgIpc) is 2.23. The molecule has 0 heterocycles. The number of ketones is 1. The fourth-order valence-electron chi connectivity index (χ4n) is 1.31. The molecule has 0 radical (unpaired) electrons. The van der Waals surface area contributed by atoms with Crippen molar-refractivity contribution >= 4 is 5.78 Å². The van der Waals surface area contributed by atoms with Crippen molar-refractivity contribution in [3.05, 3.63) is 29.3 Å². The van der Waals surface area contributed by atoms with E-state index in [0.717, 1.165) is 16.9 Å². The number of rotatable bonds is 5. The fraction of sp³-hybridized carbons (Fsp3) is 0.385. The molecule has 3 heteroatoms. The number of hydrogen-bond acceptors (Lipinski definition) is 3. The zero-order chi connectivity index (χ0) is 12.0. The van der Waals surface area contributed by atoms with Crippen LogP contribution in [0.2, 0.25) is 0 Å². The van der Waals surface area contributed by atoms with Crippen molar-refractivity contribution in [3.63, 3.8) is 0 Å². The van der Waals surface area contributed by atoms with Gasteiger partial charge in [0.25, 0.3) is 0 Å². The van der Waals surface area contributed by atoms with Gasteiger partial charge >= 0.3 is 0 Å². The minimum Gasteiger partial charge on any atom is -0.493 e. The average molecular weight is 217 g/mol. The van der Waals surface area contributed by atoms with Gasteiger partial charge in [-0.15, -0.1) is 0 Å². The van der Waals surface area contributed by atoms with E-state index in [1.807, 2.05) is 38.1 Å². The van der Waals surface area contributed by atoms with E-state index in [1.54, 1.807) is 0 Å². The Balaban J connectivity index is 2.46. The van der Waals surface area contributed by atoms with Crippen LogP contribution in [0.3, 0.4) is 0 Å². The van der Waals surface area contributed by atoms with Crippen molar-refractivity contribution < 1.29 is 9.53 Å². The maximum absolute atomic E-state index is 11.1. The second-order valence-corrected chi connectivity index (χ2v) is 3.74. The molecule has 0 saturated heterocycles. The summed E-state index contributed by atoms with van der Waals surface area (Å²) in [4.78, 5) is 11.1. The third-order valence-electron chi connectivity index (χ3n) is 2.26. The van der Waals surface area contributed by atoms with Gasteiger partial charge in [0, 0.05) is 6.42 Å². The molecule has 3 nitrogen and oxygen atoms in total. The summed E-state index contributed by atoms with van der Waals surface area (Å²) in [5.74, 6) is 0.734. The number of aryl methyl sites for hydroxylation is 2. The quantitative estimate of drug-likeness (QED) is 0.761. The highest BCUT2D eigenvalue weighted by Crippen LogP contribution is 2.19. The van der Waals surface area contributed by atoms with Crippen LogP contribution < -0.4 is 4.74 Å². The molecule has 0 fully saturated rings. The number of nitrogens with zero attached hydrogens (tertiary/aromatic N) is 1. The predicted molar refractivity (Wildman–Crippen MR) is 61.3 cm³/mol. The number of ether oxygens (including phenoxy) is 1. The second kappa shape index (κ2) is 5.92. The lowest BCUT2D eigenvalue weighted by Gasteiger charge is -2.08. The van der Waals surface area contributed by atoms with Crippen molar-refractivity contribution in [2.75, 3.05) is 6.61 Å². The van der Waals surface area contributed by atoms with Crippen LogP contribution in [-0.4, -0.2) is 12.4 Å². The first-order chi connectivity index (χ1) is 7.63. The molecular formula is C13H15NO2. The molecule has 16 heavy (non-hydrogen) atoms. The van der Waals surface area contributed by atoms with Crippen LogP contribution >= 0.6 is 0 Å². The third kappa shape index (κ3) is 3.74. The SMILES string of the molecule is Cc1ccc(C)c(OCCC(=O)CC#N)c1. The van der Waals surface area contributed by atoms with Crippen molar-refractivity contribution in [1.82, 2.24) is 0 Å². The summed E-state index contributed by atoms with van der Waals surface area (Å²) < 4.78 is 5.50. The zero-order valence-corrected chi connectivity index (χ0v) is 9.62. The first kappa shape index (κ1) is 12.3. The van der Waals surface area contributed by atoms with E-state index >= 15 is 0 Å². The summed E-state index contributed by atoms with van der Waals surface area (Å²) in [5, 5.41) is 8.32. The molecule has 0 aliphatic rings. The maximum Gasteiger partial charge on any atom is 0.150 e. The van der Waals surface area contributed by atoms with Gasteiger partial charge in [0.15, 0.2) is 0 Å². The zero-order valence-electron chi connectivity index (χ0n) is 9.62. The molecule has 84 valence electrons. The number of Topliss-reactive ketones (excluding diaryl/α,β-unsaturated/α-hetero) is 1. The van der Waals surface area contributed by atoms with Crippen molar-refractivity contribution in [2.45, 2.75) is 26.7 Å². The number of carbonyl (C=O) groups is 1. The molecular weight excluding hydrogens is 202 g/mol. The van der Waals surface area contributed by atoms with E-state index in [4.69, 9.17) is 10.00 Å². The number of benzene rings is 1. The van der Waals surface area contributed by atoms with Gasteiger partial charge in [-0.25, -0.2) is 0 Å². The van der Waals surface area contributed by atoms with Gasteiger partial charge in [0.05, 0.1) is 19.1 Å². The van der Waals surface area contributed by atoms with Crippen LogP contribution in [0, 0.1) is 25.2 Å². The van der Waals surface area contributed by atoms with E-state index in [9.17, 15) is 4.79 Å². The Kier molecular flexibility index (Phi) is 4.53. The normalized spacial score (nSPS) is 9.56. The van der Waals surface area contributed by atoms with Gasteiger partial charge < -0.3 is 4.74 Å². The highest BCUT2D eigenvalue weighted by atomic mass is 16.5. The van der Waals surface area contributed by atoms with E-state index in [1.165, 1.54) is 0 Å². The third-order valence-corrected chi connectivity index (χ3v) is 2.26. The van der Waals surface area contributed by atoms with Crippen molar-refractivity contribution in [1.29, 1.82) is 5.26 Å². The standard InChI is InChI=1S/C13H15NO2/c1-10-3-4-11(2)13(9-10)16-8-6-12(15)5-7-14/h3-4,9H,5-6,8H2,1-2H3. The monoisotopic (exact) mass is 217 g/mol. The highest BCUT2D eigenvalue weighted by molar-refractivity contribution is 5.80. The van der Waals surface area contributed by atoms with E-state index in [0.29, 0.717) is 13.0 Å². The lowest BCUT2D eigenvalue weighted by molar-refractivity contribution is -0.118. The van der Waals surface area contributed by atoms with Gasteiger partial charge in [0.1, 0.15) is 11.5 Å². The molecule has 0 aromatic heterocycles. The molecule has 0 atom stereocenters. The molecule has 1 aromatic rings. The summed E-state index contributed by atoms with van der Waals surface area (Å²) in [6.45, 7) is 4.30. The lowest BCUT2D eigenvalue weighted by atomic mass is 10.1. The first-order valence-electron chi connectivity index (χ1n) is 5.22. The first-order valence-corrected chi connectivity index (χ1v) is 5.22. The van der Waals surface area contributed by atoms with Crippen molar-refractivity contribution in [2.24, 2.45) is 0 Å². The summed E-state index contributed by atoms with van der Waals surface area (Å²) in [5.41, 5.74) is 2.18. The number of carbonyl (C=O) groups excluding carboxylic acids is 1. The molecule has 1 aromatic carbocycles. The van der Waals surface area contributed by atoms with Crippen LogP contribution in [0.4, 0.5) is 0 Å². The van der Waals surface area contributed by atoms with Gasteiger partial charge in [0.2, 0.25) is 0 Å². The minimum atomic E-state index is -0.0761. The Morgan fingerprint density at radius 3 is 2.88 bits per heavy atom. The molecule has 0 N–H and O–H groups in total. The summed E-state index contributed by atoms with van der Waals surface area (Å²) in [7, 11) is 0. The van der Waals surface area contributed by atoms with E-state index < -0.39 is 0 Å². The molecule has 0 amide bonds. The Hall–Kier alpha value is -1.82. The Morgan fingerprint density at radius 1 is 1.44 bits per heavy atom. The molecule has 0 unspecified atom stereocenters. The van der Waals surface area contributed by atoms with Gasteiger partial charge in [-0.05, 0) is 31.0 Å². The van der Waals surface area contributed by atoms with Crippen LogP contribution in [0.1, 0.15) is 24.0 Å². The van der Waals surface area contributed by atoms with Crippen LogP contribution in [0.25, 0.3) is 0 Å². The van der Waals surface area contributed by atoms with Crippen LogP contribution in [-0.2, 0) is 4.79 Å². The topological polar surface area (TPSA) is 50.1 Å². The van der Waals surface area contributed by atoms with Crippen LogP contribution in [0.5, 0.6) is 5.75 Å². The molecule has 1 rings (SSSR count). The summed E-state index contributed by atoms with van der Waals surface area (Å²) in [6, 6.07) is 7.78. The molecule has 0 spiro atoms. The molecule has 0 bridgehead atoms. The smallest absolute Gasteiger partial charge is 0.150 e. The molecule has 0 saturated carbocycles. The maximum atomic E-state index is 11.1. The second-order valence-electron chi connectivity index (χ2n) is 3.74. The van der Waals surface area contributed by atoms with E-state index in [-0.39, 0.29) is 12.2 Å². The summed E-state index contributed by atoms with van der Waals surface area (Å²) in [6.07, 6.45) is 0.261.